The molecular formula is C14H20F3N3. The molecule has 1 aromatic rings. The van der Waals surface area contributed by atoms with Crippen LogP contribution in [0.3, 0.4) is 0 Å². The Balaban J connectivity index is 1.84. The van der Waals surface area contributed by atoms with E-state index in [0.717, 1.165) is 25.4 Å². The van der Waals surface area contributed by atoms with Crippen LogP contribution in [-0.2, 0) is 6.18 Å². The highest BCUT2D eigenvalue weighted by molar-refractivity contribution is 5.36. The zero-order valence-corrected chi connectivity index (χ0v) is 11.6. The largest absolute Gasteiger partial charge is 0.417 e. The Hall–Kier alpha value is -1.30. The average molecular weight is 287 g/mol. The van der Waals surface area contributed by atoms with E-state index in [1.54, 1.807) is 0 Å². The van der Waals surface area contributed by atoms with Crippen molar-refractivity contribution in [1.29, 1.82) is 0 Å². The van der Waals surface area contributed by atoms with Gasteiger partial charge in [0.05, 0.1) is 5.56 Å². The van der Waals surface area contributed by atoms with Gasteiger partial charge in [-0.3, -0.25) is 4.90 Å². The van der Waals surface area contributed by atoms with E-state index < -0.39 is 11.7 Å². The second-order valence-corrected chi connectivity index (χ2v) is 5.26. The van der Waals surface area contributed by atoms with Crippen molar-refractivity contribution in [3.63, 3.8) is 0 Å². The topological polar surface area (TPSA) is 28.2 Å². The number of nitrogens with zero attached hydrogens (tertiary/aromatic N) is 2. The number of piperidine rings is 1. The zero-order chi connectivity index (χ0) is 14.6. The van der Waals surface area contributed by atoms with Crippen LogP contribution < -0.4 is 5.32 Å². The third-order valence-electron chi connectivity index (χ3n) is 3.68. The number of alkyl halides is 3. The standard InChI is InChI=1S/C14H20F3N3/c1-11(20-7-3-2-4-8-20)9-18-13-6-5-12(10-19-13)14(15,16)17/h5-6,10-11H,2-4,7-9H2,1H3,(H,18,19). The molecular weight excluding hydrogens is 267 g/mol. The average Bonchev–Trinajstić information content (AvgIpc) is 2.45. The molecule has 3 nitrogen and oxygen atoms in total. The second-order valence-electron chi connectivity index (χ2n) is 5.26. The Labute approximate surface area is 117 Å². The Morgan fingerprint density at radius 3 is 2.50 bits per heavy atom. The van der Waals surface area contributed by atoms with Crippen LogP contribution in [0.25, 0.3) is 0 Å². The molecule has 1 aliphatic rings. The van der Waals surface area contributed by atoms with Crippen LogP contribution in [0.5, 0.6) is 0 Å². The van der Waals surface area contributed by atoms with Crippen LogP contribution in [0.1, 0.15) is 31.7 Å². The fraction of sp³-hybridized carbons (Fsp3) is 0.643. The van der Waals surface area contributed by atoms with Crippen molar-refractivity contribution in [3.8, 4) is 0 Å². The van der Waals surface area contributed by atoms with Gasteiger partial charge in [0.1, 0.15) is 5.82 Å². The number of aromatic nitrogens is 1. The fourth-order valence-corrected chi connectivity index (χ4v) is 2.41. The van der Waals surface area contributed by atoms with E-state index in [1.165, 1.54) is 25.3 Å². The Morgan fingerprint density at radius 2 is 1.95 bits per heavy atom. The molecule has 0 aromatic carbocycles. The summed E-state index contributed by atoms with van der Waals surface area (Å²) in [6.07, 6.45) is 0.281. The van der Waals surface area contributed by atoms with Crippen molar-refractivity contribution in [2.45, 2.75) is 38.4 Å². The maximum absolute atomic E-state index is 12.4. The molecule has 2 heterocycles. The van der Waals surface area contributed by atoms with Gasteiger partial charge < -0.3 is 5.32 Å². The van der Waals surface area contributed by atoms with Gasteiger partial charge in [-0.2, -0.15) is 13.2 Å². The van der Waals surface area contributed by atoms with E-state index in [4.69, 9.17) is 0 Å². The van der Waals surface area contributed by atoms with Crippen molar-refractivity contribution in [1.82, 2.24) is 9.88 Å². The lowest BCUT2D eigenvalue weighted by Crippen LogP contribution is -2.41. The SMILES string of the molecule is CC(CNc1ccc(C(F)(F)F)cn1)N1CCCCC1. The van der Waals surface area contributed by atoms with Gasteiger partial charge in [-0.05, 0) is 45.0 Å². The minimum Gasteiger partial charge on any atom is -0.369 e. The summed E-state index contributed by atoms with van der Waals surface area (Å²) in [6.45, 7) is 5.02. The predicted octanol–water partition coefficient (Wildman–Crippen LogP) is 3.39. The van der Waals surface area contributed by atoms with Gasteiger partial charge >= 0.3 is 6.18 Å². The molecule has 0 radical (unpaired) electrons. The molecule has 0 amide bonds. The molecule has 1 fully saturated rings. The molecule has 1 aliphatic heterocycles. The van der Waals surface area contributed by atoms with E-state index in [0.29, 0.717) is 18.4 Å². The number of hydrogen-bond acceptors (Lipinski definition) is 3. The van der Waals surface area contributed by atoms with Gasteiger partial charge in [0.15, 0.2) is 0 Å². The van der Waals surface area contributed by atoms with Gasteiger partial charge in [-0.25, -0.2) is 4.98 Å². The van der Waals surface area contributed by atoms with Crippen molar-refractivity contribution in [2.75, 3.05) is 25.0 Å². The maximum atomic E-state index is 12.4. The van der Waals surface area contributed by atoms with Gasteiger partial charge in [0.25, 0.3) is 0 Å². The molecule has 0 saturated carbocycles. The second kappa shape index (κ2) is 6.43. The molecule has 6 heteroatoms. The number of hydrogen-bond donors (Lipinski definition) is 1. The number of nitrogens with one attached hydrogen (secondary N) is 1. The van der Waals surface area contributed by atoms with Gasteiger partial charge in [-0.15, -0.1) is 0 Å². The number of likely N-dealkylation sites (tertiary alicyclic amines) is 1. The molecule has 1 aromatic heterocycles. The lowest BCUT2D eigenvalue weighted by Gasteiger charge is -2.32. The lowest BCUT2D eigenvalue weighted by atomic mass is 10.1. The summed E-state index contributed by atoms with van der Waals surface area (Å²) in [4.78, 5) is 6.22. The third kappa shape index (κ3) is 4.10. The highest BCUT2D eigenvalue weighted by atomic mass is 19.4. The van der Waals surface area contributed by atoms with E-state index in [2.05, 4.69) is 22.1 Å². The van der Waals surface area contributed by atoms with Crippen LogP contribution in [0.15, 0.2) is 18.3 Å². The van der Waals surface area contributed by atoms with Crippen LogP contribution in [0.2, 0.25) is 0 Å². The molecule has 1 atom stereocenters. The fourth-order valence-electron chi connectivity index (χ4n) is 2.41. The minimum absolute atomic E-state index is 0.361. The number of halogens is 3. The van der Waals surface area contributed by atoms with Crippen LogP contribution in [-0.4, -0.2) is 35.6 Å². The Bertz CT molecular complexity index is 411. The Kier molecular flexibility index (Phi) is 4.86. The van der Waals surface area contributed by atoms with Crippen LogP contribution >= 0.6 is 0 Å². The van der Waals surface area contributed by atoms with Crippen molar-refractivity contribution >= 4 is 5.82 Å². The summed E-state index contributed by atoms with van der Waals surface area (Å²) in [5.41, 5.74) is -0.716. The monoisotopic (exact) mass is 287 g/mol. The van der Waals surface area contributed by atoms with Crippen molar-refractivity contribution in [3.05, 3.63) is 23.9 Å². The Morgan fingerprint density at radius 1 is 1.25 bits per heavy atom. The summed E-state index contributed by atoms with van der Waals surface area (Å²) in [6, 6.07) is 2.80. The van der Waals surface area contributed by atoms with E-state index in [9.17, 15) is 13.2 Å². The van der Waals surface area contributed by atoms with E-state index in [1.807, 2.05) is 0 Å². The first kappa shape index (κ1) is 15.1. The van der Waals surface area contributed by atoms with Crippen molar-refractivity contribution in [2.24, 2.45) is 0 Å². The minimum atomic E-state index is -4.33. The summed E-state index contributed by atoms with van der Waals surface area (Å²) in [5.74, 6) is 0.488. The first-order valence-electron chi connectivity index (χ1n) is 6.98. The summed E-state index contributed by atoms with van der Waals surface area (Å²) in [5, 5.41) is 3.10. The lowest BCUT2D eigenvalue weighted by molar-refractivity contribution is -0.137. The van der Waals surface area contributed by atoms with E-state index in [-0.39, 0.29) is 0 Å². The number of pyridine rings is 1. The molecule has 0 aliphatic carbocycles. The normalized spacial score (nSPS) is 18.8. The molecule has 1 saturated heterocycles. The zero-order valence-electron chi connectivity index (χ0n) is 11.6. The number of rotatable bonds is 4. The predicted molar refractivity (Wildman–Crippen MR) is 72.6 cm³/mol. The third-order valence-corrected chi connectivity index (χ3v) is 3.68. The highest BCUT2D eigenvalue weighted by Crippen LogP contribution is 2.28. The maximum Gasteiger partial charge on any atom is 0.417 e. The molecule has 1 unspecified atom stereocenters. The van der Waals surface area contributed by atoms with Gasteiger partial charge in [0, 0.05) is 18.8 Å². The summed E-state index contributed by atoms with van der Waals surface area (Å²) < 4.78 is 37.2. The first-order chi connectivity index (χ1) is 9.47. The number of anilines is 1. The van der Waals surface area contributed by atoms with E-state index >= 15 is 0 Å². The van der Waals surface area contributed by atoms with Crippen molar-refractivity contribution < 1.29 is 13.2 Å². The smallest absolute Gasteiger partial charge is 0.369 e. The molecule has 20 heavy (non-hydrogen) atoms. The highest BCUT2D eigenvalue weighted by Gasteiger charge is 2.30. The molecule has 2 rings (SSSR count). The van der Waals surface area contributed by atoms with Gasteiger partial charge in [0.2, 0.25) is 0 Å². The quantitative estimate of drug-likeness (QED) is 0.920. The summed E-state index contributed by atoms with van der Waals surface area (Å²) >= 11 is 0. The molecule has 0 spiro atoms. The molecule has 0 bridgehead atoms. The first-order valence-corrected chi connectivity index (χ1v) is 6.98. The molecule has 112 valence electrons. The van der Waals surface area contributed by atoms with Gasteiger partial charge in [-0.1, -0.05) is 6.42 Å². The van der Waals surface area contributed by atoms with Crippen LogP contribution in [0.4, 0.5) is 19.0 Å². The molecule has 1 N–H and O–H groups in total. The van der Waals surface area contributed by atoms with Crippen LogP contribution in [0, 0.1) is 0 Å². The summed E-state index contributed by atoms with van der Waals surface area (Å²) in [7, 11) is 0.